The van der Waals surface area contributed by atoms with Crippen molar-refractivity contribution in [3.05, 3.63) is 83.9 Å². The van der Waals surface area contributed by atoms with Gasteiger partial charge in [0.1, 0.15) is 0 Å². The summed E-state index contributed by atoms with van der Waals surface area (Å²) < 4.78 is 10.6. The molecule has 0 spiro atoms. The zero-order chi connectivity index (χ0) is 21.3. The Morgan fingerprint density at radius 3 is 2.17 bits per heavy atom. The lowest BCUT2D eigenvalue weighted by atomic mass is 10.1. The second kappa shape index (κ2) is 10.6. The van der Waals surface area contributed by atoms with E-state index in [0.29, 0.717) is 31.0 Å². The number of hydrogen-bond donors (Lipinski definition) is 1. The highest BCUT2D eigenvalue weighted by molar-refractivity contribution is 7.99. The molecule has 0 heterocycles. The summed E-state index contributed by atoms with van der Waals surface area (Å²) in [5.41, 5.74) is 2.09. The van der Waals surface area contributed by atoms with Crippen molar-refractivity contribution in [1.82, 2.24) is 4.90 Å². The molecule has 0 aliphatic rings. The smallest absolute Gasteiger partial charge is 0.407 e. The van der Waals surface area contributed by atoms with E-state index < -0.39 is 6.09 Å². The first-order chi connectivity index (χ1) is 14.6. The van der Waals surface area contributed by atoms with E-state index in [1.165, 1.54) is 4.90 Å². The third-order valence-corrected chi connectivity index (χ3v) is 5.67. The first-order valence-corrected chi connectivity index (χ1v) is 10.4. The molecule has 3 aromatic carbocycles. The standard InChI is InChI=1S/C24H25NO4S/c1-28-22-13-12-21(16-23(22)29-2)30-20-10-8-18(9-11-20)14-15-25(24(26)27)17-19-6-4-3-5-7-19/h3-13,16H,14-15,17H2,1-2H3,(H,26,27). The van der Waals surface area contributed by atoms with Crippen LogP contribution in [0.2, 0.25) is 0 Å². The molecule has 0 fully saturated rings. The molecule has 0 atom stereocenters. The van der Waals surface area contributed by atoms with E-state index in [9.17, 15) is 9.90 Å². The average molecular weight is 424 g/mol. The Balaban J connectivity index is 1.59. The van der Waals surface area contributed by atoms with Gasteiger partial charge in [0.2, 0.25) is 0 Å². The minimum atomic E-state index is -0.903. The van der Waals surface area contributed by atoms with E-state index >= 15 is 0 Å². The van der Waals surface area contributed by atoms with Gasteiger partial charge in [0, 0.05) is 22.9 Å². The van der Waals surface area contributed by atoms with Crippen LogP contribution in [0.1, 0.15) is 11.1 Å². The fourth-order valence-corrected chi connectivity index (χ4v) is 3.90. The monoisotopic (exact) mass is 423 g/mol. The predicted octanol–water partition coefficient (Wildman–Crippen LogP) is 5.58. The van der Waals surface area contributed by atoms with Crippen molar-refractivity contribution < 1.29 is 19.4 Å². The Morgan fingerprint density at radius 2 is 1.53 bits per heavy atom. The Kier molecular flexibility index (Phi) is 7.63. The van der Waals surface area contributed by atoms with Crippen LogP contribution < -0.4 is 9.47 Å². The maximum absolute atomic E-state index is 11.6. The summed E-state index contributed by atoms with van der Waals surface area (Å²) in [6.07, 6.45) is -0.236. The minimum Gasteiger partial charge on any atom is -0.493 e. The fraction of sp³-hybridized carbons (Fsp3) is 0.208. The van der Waals surface area contributed by atoms with Crippen molar-refractivity contribution in [1.29, 1.82) is 0 Å². The maximum Gasteiger partial charge on any atom is 0.407 e. The molecule has 0 aliphatic carbocycles. The van der Waals surface area contributed by atoms with Crippen LogP contribution in [0.25, 0.3) is 0 Å². The van der Waals surface area contributed by atoms with Crippen molar-refractivity contribution in [2.24, 2.45) is 0 Å². The summed E-state index contributed by atoms with van der Waals surface area (Å²) in [5, 5.41) is 9.50. The third kappa shape index (κ3) is 5.94. The second-order valence-corrected chi connectivity index (χ2v) is 7.85. The van der Waals surface area contributed by atoms with Crippen LogP contribution in [-0.2, 0) is 13.0 Å². The summed E-state index contributed by atoms with van der Waals surface area (Å²) in [6.45, 7) is 0.843. The first-order valence-electron chi connectivity index (χ1n) is 9.59. The largest absolute Gasteiger partial charge is 0.493 e. The van der Waals surface area contributed by atoms with Crippen molar-refractivity contribution in [3.8, 4) is 11.5 Å². The zero-order valence-electron chi connectivity index (χ0n) is 17.1. The van der Waals surface area contributed by atoms with Crippen molar-refractivity contribution >= 4 is 17.9 Å². The molecule has 1 N–H and O–H groups in total. The average Bonchev–Trinajstić information content (AvgIpc) is 2.78. The van der Waals surface area contributed by atoms with Crippen LogP contribution in [0, 0.1) is 0 Å². The van der Waals surface area contributed by atoms with Crippen LogP contribution in [0.15, 0.2) is 82.6 Å². The van der Waals surface area contributed by atoms with Gasteiger partial charge in [-0.05, 0) is 47.9 Å². The Bertz CT molecular complexity index is 961. The fourth-order valence-electron chi connectivity index (χ4n) is 3.05. The van der Waals surface area contributed by atoms with E-state index in [1.54, 1.807) is 26.0 Å². The molecule has 0 unspecified atom stereocenters. The van der Waals surface area contributed by atoms with Crippen LogP contribution >= 0.6 is 11.8 Å². The molecular weight excluding hydrogens is 398 g/mol. The number of nitrogens with zero attached hydrogens (tertiary/aromatic N) is 1. The molecule has 156 valence electrons. The van der Waals surface area contributed by atoms with E-state index in [4.69, 9.17) is 9.47 Å². The van der Waals surface area contributed by atoms with Crippen LogP contribution in [0.3, 0.4) is 0 Å². The summed E-state index contributed by atoms with van der Waals surface area (Å²) in [4.78, 5) is 15.2. The number of carbonyl (C=O) groups is 1. The van der Waals surface area contributed by atoms with E-state index in [0.717, 1.165) is 20.9 Å². The molecule has 30 heavy (non-hydrogen) atoms. The van der Waals surface area contributed by atoms with Crippen LogP contribution in [0.5, 0.6) is 11.5 Å². The highest BCUT2D eigenvalue weighted by Crippen LogP contribution is 2.35. The Morgan fingerprint density at radius 1 is 0.867 bits per heavy atom. The van der Waals surface area contributed by atoms with E-state index in [2.05, 4.69) is 12.1 Å². The first kappa shape index (κ1) is 21.6. The topological polar surface area (TPSA) is 59.0 Å². The van der Waals surface area contributed by atoms with Crippen LogP contribution in [0.4, 0.5) is 4.79 Å². The molecule has 1 amide bonds. The summed E-state index contributed by atoms with van der Waals surface area (Å²) in [6, 6.07) is 23.7. The lowest BCUT2D eigenvalue weighted by molar-refractivity contribution is 0.143. The normalized spacial score (nSPS) is 10.5. The number of carboxylic acid groups (broad SMARTS) is 1. The number of benzene rings is 3. The second-order valence-electron chi connectivity index (χ2n) is 6.70. The van der Waals surface area contributed by atoms with E-state index in [1.807, 2.05) is 60.7 Å². The quantitative estimate of drug-likeness (QED) is 0.487. The molecule has 0 aromatic heterocycles. The Labute approximate surface area is 181 Å². The van der Waals surface area contributed by atoms with Crippen molar-refractivity contribution in [2.75, 3.05) is 20.8 Å². The van der Waals surface area contributed by atoms with Gasteiger partial charge < -0.3 is 19.5 Å². The molecule has 0 bridgehead atoms. The zero-order valence-corrected chi connectivity index (χ0v) is 17.9. The molecule has 5 nitrogen and oxygen atoms in total. The Hall–Kier alpha value is -3.12. The molecule has 6 heteroatoms. The molecule has 0 radical (unpaired) electrons. The highest BCUT2D eigenvalue weighted by Gasteiger charge is 2.12. The maximum atomic E-state index is 11.6. The molecule has 0 saturated heterocycles. The number of amides is 1. The van der Waals surface area contributed by atoms with Gasteiger partial charge >= 0.3 is 6.09 Å². The summed E-state index contributed by atoms with van der Waals surface area (Å²) >= 11 is 1.64. The van der Waals surface area contributed by atoms with Gasteiger partial charge in [-0.2, -0.15) is 0 Å². The number of methoxy groups -OCH3 is 2. The van der Waals surface area contributed by atoms with Gasteiger partial charge in [-0.1, -0.05) is 54.2 Å². The van der Waals surface area contributed by atoms with Gasteiger partial charge in [-0.15, -0.1) is 0 Å². The number of ether oxygens (including phenoxy) is 2. The minimum absolute atomic E-state index is 0.392. The SMILES string of the molecule is COc1ccc(Sc2ccc(CCN(Cc3ccccc3)C(=O)O)cc2)cc1OC. The molecule has 3 rings (SSSR count). The van der Waals surface area contributed by atoms with Gasteiger partial charge in [0.05, 0.1) is 14.2 Å². The summed E-state index contributed by atoms with van der Waals surface area (Å²) in [5.74, 6) is 1.40. The molecule has 0 saturated carbocycles. The van der Waals surface area contributed by atoms with Gasteiger partial charge in [0.25, 0.3) is 0 Å². The lowest BCUT2D eigenvalue weighted by Crippen LogP contribution is -2.30. The highest BCUT2D eigenvalue weighted by atomic mass is 32.2. The lowest BCUT2D eigenvalue weighted by Gasteiger charge is -2.19. The van der Waals surface area contributed by atoms with Gasteiger partial charge in [-0.3, -0.25) is 0 Å². The summed E-state index contributed by atoms with van der Waals surface area (Å²) in [7, 11) is 3.24. The molecule has 3 aromatic rings. The van der Waals surface area contributed by atoms with Gasteiger partial charge in [0.15, 0.2) is 11.5 Å². The number of hydrogen-bond acceptors (Lipinski definition) is 4. The van der Waals surface area contributed by atoms with E-state index in [-0.39, 0.29) is 0 Å². The third-order valence-electron chi connectivity index (χ3n) is 4.67. The molecule has 0 aliphatic heterocycles. The van der Waals surface area contributed by atoms with Crippen molar-refractivity contribution in [3.63, 3.8) is 0 Å². The van der Waals surface area contributed by atoms with Gasteiger partial charge in [-0.25, -0.2) is 4.79 Å². The van der Waals surface area contributed by atoms with Crippen LogP contribution in [-0.4, -0.2) is 36.9 Å². The molecular formula is C24H25NO4S. The van der Waals surface area contributed by atoms with Crippen molar-refractivity contribution in [2.45, 2.75) is 22.8 Å². The number of rotatable bonds is 9. The predicted molar refractivity (Wildman–Crippen MR) is 119 cm³/mol.